The summed E-state index contributed by atoms with van der Waals surface area (Å²) in [5.41, 5.74) is 1.67. The average Bonchev–Trinajstić information content (AvgIpc) is 3.06. The predicted octanol–water partition coefficient (Wildman–Crippen LogP) is 3.52. The van der Waals surface area contributed by atoms with E-state index >= 15 is 0 Å². The first-order chi connectivity index (χ1) is 12.7. The number of hydrogen-bond donors (Lipinski definition) is 1. The first-order valence-electron chi connectivity index (χ1n) is 7.74. The molecule has 2 aromatic carbocycles. The Morgan fingerprint density at radius 1 is 1.04 bits per heavy atom. The number of rotatable bonds is 6. The summed E-state index contributed by atoms with van der Waals surface area (Å²) in [5, 5.41) is 11.5. The standard InChI is InChI=1S/C18H18N4O3S/c1-23-14-6-4-5-13(10-14)17-20-21-18(26)22(17)19-11-12-7-8-15(24-2)16(9-12)25-3/h4-11H,1-3H3,(H,21,26). The smallest absolute Gasteiger partial charge is 0.216 e. The van der Waals surface area contributed by atoms with Crippen LogP contribution >= 0.6 is 12.2 Å². The summed E-state index contributed by atoms with van der Waals surface area (Å²) in [6, 6.07) is 13.0. The van der Waals surface area contributed by atoms with Crippen molar-refractivity contribution in [2.75, 3.05) is 21.3 Å². The number of benzene rings is 2. The fourth-order valence-electron chi connectivity index (χ4n) is 2.41. The minimum atomic E-state index is 0.388. The highest BCUT2D eigenvalue weighted by molar-refractivity contribution is 7.71. The Hall–Kier alpha value is -3.13. The SMILES string of the molecule is COc1cccc(-c2n[nH]c(=S)n2N=Cc2ccc(OC)c(OC)c2)c1. The monoisotopic (exact) mass is 370 g/mol. The fourth-order valence-corrected chi connectivity index (χ4v) is 2.58. The molecule has 0 amide bonds. The molecule has 1 aromatic heterocycles. The Bertz CT molecular complexity index is 994. The van der Waals surface area contributed by atoms with Crippen molar-refractivity contribution in [1.29, 1.82) is 0 Å². The van der Waals surface area contributed by atoms with Crippen LogP contribution in [-0.2, 0) is 0 Å². The second kappa shape index (κ2) is 7.83. The molecule has 0 aliphatic rings. The average molecular weight is 370 g/mol. The molecule has 0 radical (unpaired) electrons. The van der Waals surface area contributed by atoms with E-state index in [9.17, 15) is 0 Å². The molecule has 3 aromatic rings. The predicted molar refractivity (Wildman–Crippen MR) is 102 cm³/mol. The summed E-state index contributed by atoms with van der Waals surface area (Å²) in [6.07, 6.45) is 1.68. The highest BCUT2D eigenvalue weighted by Gasteiger charge is 2.09. The van der Waals surface area contributed by atoms with Crippen molar-refractivity contribution in [1.82, 2.24) is 14.9 Å². The normalized spacial score (nSPS) is 10.9. The molecule has 7 nitrogen and oxygen atoms in total. The topological polar surface area (TPSA) is 73.7 Å². The molecule has 0 unspecified atom stereocenters. The second-order valence-corrected chi connectivity index (χ2v) is 5.64. The molecule has 0 aliphatic carbocycles. The summed E-state index contributed by atoms with van der Waals surface area (Å²) in [7, 11) is 4.80. The van der Waals surface area contributed by atoms with E-state index in [1.54, 1.807) is 32.2 Å². The zero-order valence-corrected chi connectivity index (χ0v) is 15.4. The Balaban J connectivity index is 1.97. The van der Waals surface area contributed by atoms with Crippen molar-refractivity contribution in [3.05, 3.63) is 52.8 Å². The molecule has 1 N–H and O–H groups in total. The molecule has 0 aliphatic heterocycles. The zero-order chi connectivity index (χ0) is 18.5. The number of methoxy groups -OCH3 is 3. The quantitative estimate of drug-likeness (QED) is 0.531. The van der Waals surface area contributed by atoms with Gasteiger partial charge < -0.3 is 14.2 Å². The van der Waals surface area contributed by atoms with Gasteiger partial charge >= 0.3 is 0 Å². The fraction of sp³-hybridized carbons (Fsp3) is 0.167. The maximum atomic E-state index is 5.31. The molecule has 0 atom stereocenters. The number of hydrogen-bond acceptors (Lipinski definition) is 6. The van der Waals surface area contributed by atoms with Crippen LogP contribution in [-0.4, -0.2) is 42.4 Å². The number of H-pyrrole nitrogens is 1. The minimum Gasteiger partial charge on any atom is -0.497 e. The van der Waals surface area contributed by atoms with Crippen molar-refractivity contribution in [2.24, 2.45) is 5.10 Å². The van der Waals surface area contributed by atoms with Gasteiger partial charge in [-0.1, -0.05) is 12.1 Å². The second-order valence-electron chi connectivity index (χ2n) is 5.26. The van der Waals surface area contributed by atoms with Crippen LogP contribution in [0.1, 0.15) is 5.56 Å². The molecule has 26 heavy (non-hydrogen) atoms. The Kier molecular flexibility index (Phi) is 5.33. The molecular weight excluding hydrogens is 352 g/mol. The van der Waals surface area contributed by atoms with Gasteiger partial charge in [0.15, 0.2) is 17.3 Å². The van der Waals surface area contributed by atoms with Crippen LogP contribution in [0.2, 0.25) is 0 Å². The van der Waals surface area contributed by atoms with Crippen LogP contribution in [0.15, 0.2) is 47.6 Å². The Morgan fingerprint density at radius 3 is 2.58 bits per heavy atom. The van der Waals surface area contributed by atoms with Crippen molar-refractivity contribution in [3.8, 4) is 28.6 Å². The maximum Gasteiger partial charge on any atom is 0.216 e. The third-order valence-corrected chi connectivity index (χ3v) is 3.97. The highest BCUT2D eigenvalue weighted by atomic mass is 32.1. The number of ether oxygens (including phenoxy) is 3. The molecule has 0 spiro atoms. The van der Waals surface area contributed by atoms with Crippen molar-refractivity contribution in [3.63, 3.8) is 0 Å². The number of aromatic nitrogens is 3. The maximum absolute atomic E-state index is 5.31. The van der Waals surface area contributed by atoms with E-state index in [1.165, 1.54) is 0 Å². The van der Waals surface area contributed by atoms with Crippen molar-refractivity contribution < 1.29 is 14.2 Å². The van der Waals surface area contributed by atoms with E-state index in [1.807, 2.05) is 42.5 Å². The van der Waals surface area contributed by atoms with Gasteiger partial charge in [0.05, 0.1) is 27.5 Å². The van der Waals surface area contributed by atoms with Gasteiger partial charge in [0.25, 0.3) is 0 Å². The Labute approximate surface area is 155 Å². The Morgan fingerprint density at radius 2 is 1.85 bits per heavy atom. The van der Waals surface area contributed by atoms with Gasteiger partial charge in [-0.05, 0) is 48.1 Å². The van der Waals surface area contributed by atoms with E-state index in [-0.39, 0.29) is 0 Å². The van der Waals surface area contributed by atoms with Gasteiger partial charge in [0.1, 0.15) is 5.75 Å². The van der Waals surface area contributed by atoms with Gasteiger partial charge in [-0.15, -0.1) is 0 Å². The van der Waals surface area contributed by atoms with Crippen molar-refractivity contribution in [2.45, 2.75) is 0 Å². The van der Waals surface area contributed by atoms with Crippen LogP contribution < -0.4 is 14.2 Å². The molecule has 0 fully saturated rings. The molecule has 3 rings (SSSR count). The van der Waals surface area contributed by atoms with E-state index in [0.29, 0.717) is 22.1 Å². The van der Waals surface area contributed by atoms with Crippen LogP contribution in [0, 0.1) is 4.77 Å². The number of aromatic amines is 1. The van der Waals surface area contributed by atoms with Crippen LogP contribution in [0.5, 0.6) is 17.2 Å². The van der Waals surface area contributed by atoms with Gasteiger partial charge in [-0.25, -0.2) is 5.10 Å². The van der Waals surface area contributed by atoms with E-state index in [4.69, 9.17) is 26.4 Å². The molecule has 0 bridgehead atoms. The molecule has 134 valence electrons. The van der Waals surface area contributed by atoms with Crippen molar-refractivity contribution >= 4 is 18.4 Å². The lowest BCUT2D eigenvalue weighted by molar-refractivity contribution is 0.355. The minimum absolute atomic E-state index is 0.388. The summed E-state index contributed by atoms with van der Waals surface area (Å²) in [4.78, 5) is 0. The highest BCUT2D eigenvalue weighted by Crippen LogP contribution is 2.27. The lowest BCUT2D eigenvalue weighted by atomic mass is 10.2. The van der Waals surface area contributed by atoms with E-state index in [2.05, 4.69) is 15.3 Å². The number of nitrogens with one attached hydrogen (secondary N) is 1. The first-order valence-corrected chi connectivity index (χ1v) is 8.15. The molecule has 8 heteroatoms. The van der Waals surface area contributed by atoms with Gasteiger partial charge in [0.2, 0.25) is 4.77 Å². The van der Waals surface area contributed by atoms with Crippen LogP contribution in [0.25, 0.3) is 11.4 Å². The van der Waals surface area contributed by atoms with Gasteiger partial charge in [0, 0.05) is 5.56 Å². The molecule has 0 saturated carbocycles. The van der Waals surface area contributed by atoms with E-state index < -0.39 is 0 Å². The van der Waals surface area contributed by atoms with Gasteiger partial charge in [-0.2, -0.15) is 14.9 Å². The number of nitrogens with zero attached hydrogens (tertiary/aromatic N) is 3. The molecule has 1 heterocycles. The first kappa shape index (κ1) is 17.7. The molecular formula is C18H18N4O3S. The zero-order valence-electron chi connectivity index (χ0n) is 14.6. The lowest BCUT2D eigenvalue weighted by Crippen LogP contribution is -1.96. The summed E-state index contributed by atoms with van der Waals surface area (Å²) in [5.74, 6) is 2.60. The summed E-state index contributed by atoms with van der Waals surface area (Å²) >= 11 is 5.29. The van der Waals surface area contributed by atoms with Crippen LogP contribution in [0.4, 0.5) is 0 Å². The summed E-state index contributed by atoms with van der Waals surface area (Å²) in [6.45, 7) is 0. The molecule has 0 saturated heterocycles. The lowest BCUT2D eigenvalue weighted by Gasteiger charge is -2.07. The van der Waals surface area contributed by atoms with Gasteiger partial charge in [-0.3, -0.25) is 0 Å². The summed E-state index contributed by atoms with van der Waals surface area (Å²) < 4.78 is 17.8. The third kappa shape index (κ3) is 3.60. The van der Waals surface area contributed by atoms with E-state index in [0.717, 1.165) is 16.9 Å². The van der Waals surface area contributed by atoms with Crippen LogP contribution in [0.3, 0.4) is 0 Å². The third-order valence-electron chi connectivity index (χ3n) is 3.71. The largest absolute Gasteiger partial charge is 0.497 e.